The number of benzene rings is 7. The van der Waals surface area contributed by atoms with Crippen LogP contribution in [0.2, 0.25) is 0 Å². The molecule has 0 N–H and O–H groups in total. The van der Waals surface area contributed by atoms with Gasteiger partial charge in [0, 0.05) is 32.8 Å². The number of para-hydroxylation sites is 1. The van der Waals surface area contributed by atoms with Crippen LogP contribution < -0.4 is 0 Å². The van der Waals surface area contributed by atoms with E-state index in [9.17, 15) is 0 Å². The molecule has 9 rings (SSSR count). The maximum atomic E-state index is 6.27. The predicted molar refractivity (Wildman–Crippen MR) is 176 cm³/mol. The van der Waals surface area contributed by atoms with Gasteiger partial charge in [-0.3, -0.25) is 0 Å². The van der Waals surface area contributed by atoms with Crippen LogP contribution in [-0.4, -0.2) is 15.0 Å². The first-order valence-electron chi connectivity index (χ1n) is 14.4. The molecule has 4 heteroatoms. The summed E-state index contributed by atoms with van der Waals surface area (Å²) in [5, 5.41) is 8.90. The van der Waals surface area contributed by atoms with E-state index >= 15 is 0 Å². The van der Waals surface area contributed by atoms with Crippen LogP contribution >= 0.6 is 0 Å². The highest BCUT2D eigenvalue weighted by molar-refractivity contribution is 6.22. The van der Waals surface area contributed by atoms with Gasteiger partial charge in [-0.25, -0.2) is 15.0 Å². The van der Waals surface area contributed by atoms with Crippen LogP contribution in [0.4, 0.5) is 0 Å². The highest BCUT2D eigenvalue weighted by atomic mass is 16.3. The Labute approximate surface area is 246 Å². The molecule has 0 saturated heterocycles. The number of hydrogen-bond acceptors (Lipinski definition) is 4. The predicted octanol–water partition coefficient (Wildman–Crippen LogP) is 10.2. The van der Waals surface area contributed by atoms with Crippen LogP contribution in [0.25, 0.3) is 88.4 Å². The van der Waals surface area contributed by atoms with Gasteiger partial charge in [0.25, 0.3) is 0 Å². The minimum absolute atomic E-state index is 0.629. The van der Waals surface area contributed by atoms with E-state index in [1.54, 1.807) is 0 Å². The van der Waals surface area contributed by atoms with Gasteiger partial charge in [0.1, 0.15) is 11.2 Å². The number of furan rings is 1. The van der Waals surface area contributed by atoms with Crippen LogP contribution in [0.3, 0.4) is 0 Å². The van der Waals surface area contributed by atoms with Gasteiger partial charge in [-0.05, 0) is 45.1 Å². The average Bonchev–Trinajstić information content (AvgIpc) is 3.46. The molecule has 0 atom stereocenters. The van der Waals surface area contributed by atoms with Gasteiger partial charge < -0.3 is 4.42 Å². The third kappa shape index (κ3) is 3.81. The normalized spacial score (nSPS) is 11.7. The van der Waals surface area contributed by atoms with Crippen molar-refractivity contribution < 1.29 is 4.42 Å². The van der Waals surface area contributed by atoms with E-state index in [1.165, 1.54) is 5.39 Å². The fraction of sp³-hybridized carbons (Fsp3) is 0. The zero-order chi connectivity index (χ0) is 28.3. The molecule has 4 nitrogen and oxygen atoms in total. The molecule has 0 aliphatic heterocycles. The fourth-order valence-electron chi connectivity index (χ4n) is 6.27. The van der Waals surface area contributed by atoms with E-state index < -0.39 is 0 Å². The summed E-state index contributed by atoms with van der Waals surface area (Å²) in [5.41, 5.74) is 4.58. The summed E-state index contributed by atoms with van der Waals surface area (Å²) in [5.74, 6) is 1.91. The van der Waals surface area contributed by atoms with E-state index in [-0.39, 0.29) is 0 Å². The molecule has 0 fully saturated rings. The lowest BCUT2D eigenvalue weighted by Gasteiger charge is -2.12. The second-order valence-electron chi connectivity index (χ2n) is 10.8. The van der Waals surface area contributed by atoms with Gasteiger partial charge in [0.2, 0.25) is 0 Å². The van der Waals surface area contributed by atoms with Crippen LogP contribution in [0.1, 0.15) is 0 Å². The van der Waals surface area contributed by atoms with Gasteiger partial charge in [-0.2, -0.15) is 0 Å². The lowest BCUT2D eigenvalue weighted by atomic mass is 9.98. The van der Waals surface area contributed by atoms with E-state index in [0.717, 1.165) is 65.6 Å². The quantitative estimate of drug-likeness (QED) is 0.220. The SMILES string of the molecule is c1ccc2cc(-c3nc(-c4cccc5ccccc45)nc(-c4cccc5ccc6oc7ccccc7c6c45)n3)ccc2c1. The van der Waals surface area contributed by atoms with Crippen LogP contribution in [0.15, 0.2) is 144 Å². The smallest absolute Gasteiger partial charge is 0.164 e. The van der Waals surface area contributed by atoms with Crippen molar-refractivity contribution >= 4 is 54.3 Å². The molecule has 0 unspecified atom stereocenters. The van der Waals surface area contributed by atoms with Crippen molar-refractivity contribution in [1.29, 1.82) is 0 Å². The van der Waals surface area contributed by atoms with Crippen LogP contribution in [-0.2, 0) is 0 Å². The Morgan fingerprint density at radius 3 is 1.88 bits per heavy atom. The van der Waals surface area contributed by atoms with Crippen LogP contribution in [0.5, 0.6) is 0 Å². The summed E-state index contributed by atoms with van der Waals surface area (Å²) in [6.45, 7) is 0. The van der Waals surface area contributed by atoms with Crippen molar-refractivity contribution in [3.63, 3.8) is 0 Å². The minimum Gasteiger partial charge on any atom is -0.456 e. The zero-order valence-electron chi connectivity index (χ0n) is 23.0. The number of nitrogens with zero attached hydrogens (tertiary/aromatic N) is 3. The Balaban J connectivity index is 1.37. The Morgan fingerprint density at radius 1 is 0.372 bits per heavy atom. The molecular weight excluding hydrogens is 526 g/mol. The van der Waals surface area contributed by atoms with Gasteiger partial charge >= 0.3 is 0 Å². The first-order chi connectivity index (χ1) is 21.3. The summed E-state index contributed by atoms with van der Waals surface area (Å²) >= 11 is 0. The highest BCUT2D eigenvalue weighted by Gasteiger charge is 2.19. The number of fused-ring (bicyclic) bond motifs is 7. The molecule has 0 aliphatic carbocycles. The molecule has 2 aromatic heterocycles. The lowest BCUT2D eigenvalue weighted by Crippen LogP contribution is -2.01. The Kier molecular flexibility index (Phi) is 5.16. The summed E-state index contributed by atoms with van der Waals surface area (Å²) in [4.78, 5) is 15.4. The summed E-state index contributed by atoms with van der Waals surface area (Å²) in [6.07, 6.45) is 0. The number of hydrogen-bond donors (Lipinski definition) is 0. The van der Waals surface area contributed by atoms with E-state index in [4.69, 9.17) is 19.4 Å². The molecule has 9 aromatic rings. The summed E-state index contributed by atoms with van der Waals surface area (Å²) < 4.78 is 6.27. The van der Waals surface area contributed by atoms with Gasteiger partial charge in [0.05, 0.1) is 0 Å². The first-order valence-corrected chi connectivity index (χ1v) is 14.4. The monoisotopic (exact) mass is 549 g/mol. The van der Waals surface area contributed by atoms with E-state index in [0.29, 0.717) is 17.5 Å². The molecule has 7 aromatic carbocycles. The third-order valence-corrected chi connectivity index (χ3v) is 8.30. The van der Waals surface area contributed by atoms with Crippen molar-refractivity contribution in [3.8, 4) is 34.2 Å². The largest absolute Gasteiger partial charge is 0.456 e. The second kappa shape index (κ2) is 9.33. The first kappa shape index (κ1) is 23.8. The standard InChI is InChI=1S/C39H23N3O/c1-2-11-27-23-28(20-19-24(27)9-1)37-40-38(30-16-7-12-25-10-3-4-14-29(25)30)42-39(41-37)32-17-8-13-26-21-22-34-36(35(26)32)31-15-5-6-18-33(31)43-34/h1-23H. The van der Waals surface area contributed by atoms with E-state index in [1.807, 2.05) is 12.1 Å². The maximum absolute atomic E-state index is 6.27. The Morgan fingerprint density at radius 2 is 1.00 bits per heavy atom. The van der Waals surface area contributed by atoms with Crippen molar-refractivity contribution in [1.82, 2.24) is 15.0 Å². The Bertz CT molecular complexity index is 2520. The molecule has 0 spiro atoms. The lowest BCUT2D eigenvalue weighted by molar-refractivity contribution is 0.669. The van der Waals surface area contributed by atoms with Crippen LogP contribution in [0, 0.1) is 0 Å². The van der Waals surface area contributed by atoms with Gasteiger partial charge in [-0.1, -0.05) is 121 Å². The minimum atomic E-state index is 0.629. The summed E-state index contributed by atoms with van der Waals surface area (Å²) in [7, 11) is 0. The van der Waals surface area contributed by atoms with Crippen molar-refractivity contribution in [2.24, 2.45) is 0 Å². The molecule has 43 heavy (non-hydrogen) atoms. The zero-order valence-corrected chi connectivity index (χ0v) is 23.0. The summed E-state index contributed by atoms with van der Waals surface area (Å²) in [6, 6.07) is 48.1. The average molecular weight is 550 g/mol. The molecule has 200 valence electrons. The molecule has 0 bridgehead atoms. The fourth-order valence-corrected chi connectivity index (χ4v) is 6.27. The van der Waals surface area contributed by atoms with Crippen molar-refractivity contribution in [3.05, 3.63) is 140 Å². The third-order valence-electron chi connectivity index (χ3n) is 8.30. The van der Waals surface area contributed by atoms with Gasteiger partial charge in [-0.15, -0.1) is 0 Å². The maximum Gasteiger partial charge on any atom is 0.164 e. The van der Waals surface area contributed by atoms with Crippen molar-refractivity contribution in [2.45, 2.75) is 0 Å². The molecule has 0 radical (unpaired) electrons. The second-order valence-corrected chi connectivity index (χ2v) is 10.8. The number of rotatable bonds is 3. The molecule has 0 saturated carbocycles. The van der Waals surface area contributed by atoms with Gasteiger partial charge in [0.15, 0.2) is 17.5 Å². The number of aromatic nitrogens is 3. The molecule has 0 aliphatic rings. The Hall–Kier alpha value is -5.87. The molecule has 2 heterocycles. The molecular formula is C39H23N3O. The molecule has 0 amide bonds. The highest BCUT2D eigenvalue weighted by Crippen LogP contribution is 2.40. The topological polar surface area (TPSA) is 51.8 Å². The van der Waals surface area contributed by atoms with Crippen molar-refractivity contribution in [2.75, 3.05) is 0 Å². The van der Waals surface area contributed by atoms with E-state index in [2.05, 4.69) is 127 Å².